The number of hydrogen-bond donors (Lipinski definition) is 2. The second-order valence-corrected chi connectivity index (χ2v) is 7.23. The van der Waals surface area contributed by atoms with E-state index in [4.69, 9.17) is 11.6 Å². The van der Waals surface area contributed by atoms with Crippen molar-refractivity contribution in [2.45, 2.75) is 32.2 Å². The van der Waals surface area contributed by atoms with E-state index in [-0.39, 0.29) is 17.0 Å². The largest absolute Gasteiger partial charge is 0.387 e. The first kappa shape index (κ1) is 16.7. The van der Waals surface area contributed by atoms with Gasteiger partial charge in [0.15, 0.2) is 5.82 Å². The number of halogens is 2. The highest BCUT2D eigenvalue weighted by molar-refractivity contribution is 6.32. The molecule has 5 nitrogen and oxygen atoms in total. The molecule has 1 aromatic heterocycles. The summed E-state index contributed by atoms with van der Waals surface area (Å²) in [6, 6.07) is 1.48. The molecule has 1 atom stereocenters. The molecule has 2 aliphatic heterocycles. The second-order valence-electron chi connectivity index (χ2n) is 6.82. The minimum Gasteiger partial charge on any atom is -0.387 e. The summed E-state index contributed by atoms with van der Waals surface area (Å²) in [6.07, 6.45) is 2.82. The Morgan fingerprint density at radius 1 is 1.40 bits per heavy atom. The molecule has 134 valence electrons. The van der Waals surface area contributed by atoms with Gasteiger partial charge in [-0.3, -0.25) is 4.79 Å². The van der Waals surface area contributed by atoms with Crippen LogP contribution < -0.4 is 4.90 Å². The molecule has 0 spiro atoms. The zero-order valence-electron chi connectivity index (χ0n) is 14.1. The first-order chi connectivity index (χ1) is 12.0. The lowest BCUT2D eigenvalue weighted by Crippen LogP contribution is -2.40. The van der Waals surface area contributed by atoms with E-state index in [0.717, 1.165) is 48.3 Å². The quantitative estimate of drug-likeness (QED) is 0.860. The number of nitrogens with one attached hydrogen (secondary N) is 1. The van der Waals surface area contributed by atoms with Crippen LogP contribution >= 0.6 is 11.6 Å². The smallest absolute Gasteiger partial charge is 0.248 e. The number of aromatic amines is 1. The molecule has 1 saturated heterocycles. The fraction of sp³-hybridized carbons (Fsp3) is 0.500. The Morgan fingerprint density at radius 3 is 2.80 bits per heavy atom. The van der Waals surface area contributed by atoms with Crippen LogP contribution in [0.4, 0.5) is 10.1 Å². The SMILES string of the molecule is C[C@H]1c2c([nH]c3c(F)c(Cl)cc(N4CCCC4)c23)CCN1C(=O)CO. The van der Waals surface area contributed by atoms with Crippen molar-refractivity contribution in [3.8, 4) is 0 Å². The van der Waals surface area contributed by atoms with E-state index in [9.17, 15) is 14.3 Å². The van der Waals surface area contributed by atoms with Crippen LogP contribution in [0.5, 0.6) is 0 Å². The molecule has 1 aromatic carbocycles. The van der Waals surface area contributed by atoms with Gasteiger partial charge in [0.2, 0.25) is 5.91 Å². The predicted octanol–water partition coefficient (Wildman–Crippen LogP) is 3.00. The zero-order chi connectivity index (χ0) is 17.7. The normalized spacial score (nSPS) is 20.4. The number of H-pyrrole nitrogens is 1. The van der Waals surface area contributed by atoms with Gasteiger partial charge in [0.25, 0.3) is 0 Å². The lowest BCUT2D eigenvalue weighted by atomic mass is 9.95. The van der Waals surface area contributed by atoms with Crippen LogP contribution in [-0.2, 0) is 11.2 Å². The number of anilines is 1. The van der Waals surface area contributed by atoms with Gasteiger partial charge >= 0.3 is 0 Å². The van der Waals surface area contributed by atoms with Crippen molar-refractivity contribution in [2.24, 2.45) is 0 Å². The van der Waals surface area contributed by atoms with Crippen molar-refractivity contribution in [3.05, 3.63) is 28.2 Å². The molecular weight excluding hydrogens is 345 g/mol. The number of carbonyl (C=O) groups excluding carboxylic acids is 1. The molecule has 7 heteroatoms. The summed E-state index contributed by atoms with van der Waals surface area (Å²) in [5, 5.41) is 10.2. The first-order valence-corrected chi connectivity index (χ1v) is 9.08. The highest BCUT2D eigenvalue weighted by atomic mass is 35.5. The lowest BCUT2D eigenvalue weighted by Gasteiger charge is -2.34. The number of amides is 1. The van der Waals surface area contributed by atoms with Crippen LogP contribution in [0, 0.1) is 5.82 Å². The van der Waals surface area contributed by atoms with Gasteiger partial charge in [0.1, 0.15) is 6.61 Å². The number of hydrogen-bond acceptors (Lipinski definition) is 3. The van der Waals surface area contributed by atoms with E-state index in [2.05, 4.69) is 9.88 Å². The van der Waals surface area contributed by atoms with E-state index in [1.807, 2.05) is 6.92 Å². The second kappa shape index (κ2) is 6.18. The third kappa shape index (κ3) is 2.50. The Hall–Kier alpha value is -1.79. The Balaban J connectivity index is 1.94. The van der Waals surface area contributed by atoms with Crippen LogP contribution in [-0.4, -0.2) is 47.1 Å². The minimum atomic E-state index is -0.513. The van der Waals surface area contributed by atoms with Gasteiger partial charge < -0.3 is 19.9 Å². The average molecular weight is 366 g/mol. The summed E-state index contributed by atoms with van der Waals surface area (Å²) in [6.45, 7) is 3.77. The molecule has 2 N–H and O–H groups in total. The predicted molar refractivity (Wildman–Crippen MR) is 95.6 cm³/mol. The van der Waals surface area contributed by atoms with Crippen molar-refractivity contribution in [1.29, 1.82) is 0 Å². The number of rotatable bonds is 2. The van der Waals surface area contributed by atoms with E-state index in [0.29, 0.717) is 18.5 Å². The molecule has 25 heavy (non-hydrogen) atoms. The third-order valence-electron chi connectivity index (χ3n) is 5.46. The molecule has 0 radical (unpaired) electrons. The number of benzene rings is 1. The van der Waals surface area contributed by atoms with Crippen molar-refractivity contribution >= 4 is 34.1 Å². The maximum atomic E-state index is 14.7. The molecule has 2 aliphatic rings. The van der Waals surface area contributed by atoms with Crippen molar-refractivity contribution < 1.29 is 14.3 Å². The van der Waals surface area contributed by atoms with Gasteiger partial charge in [-0.05, 0) is 25.8 Å². The Labute approximate surface area is 150 Å². The fourth-order valence-corrected chi connectivity index (χ4v) is 4.45. The molecule has 0 bridgehead atoms. The molecule has 4 rings (SSSR count). The van der Waals surface area contributed by atoms with Crippen LogP contribution in [0.1, 0.15) is 37.1 Å². The lowest BCUT2D eigenvalue weighted by molar-refractivity contribution is -0.136. The molecule has 1 fully saturated rings. The molecule has 0 unspecified atom stereocenters. The van der Waals surface area contributed by atoms with Gasteiger partial charge in [-0.2, -0.15) is 0 Å². The molecule has 3 heterocycles. The van der Waals surface area contributed by atoms with Gasteiger partial charge in [-0.25, -0.2) is 4.39 Å². The highest BCUT2D eigenvalue weighted by Gasteiger charge is 2.33. The van der Waals surface area contributed by atoms with Crippen LogP contribution in [0.2, 0.25) is 5.02 Å². The van der Waals surface area contributed by atoms with Crippen LogP contribution in [0.25, 0.3) is 10.9 Å². The van der Waals surface area contributed by atoms with Gasteiger partial charge in [0.05, 0.1) is 16.6 Å². The summed E-state index contributed by atoms with van der Waals surface area (Å²) >= 11 is 6.15. The van der Waals surface area contributed by atoms with E-state index < -0.39 is 12.4 Å². The van der Waals surface area contributed by atoms with Gasteiger partial charge in [0, 0.05) is 48.4 Å². The Bertz CT molecular complexity index is 845. The first-order valence-electron chi connectivity index (χ1n) is 8.70. The summed E-state index contributed by atoms with van der Waals surface area (Å²) in [5.41, 5.74) is 3.25. The van der Waals surface area contributed by atoms with Crippen molar-refractivity contribution in [1.82, 2.24) is 9.88 Å². The van der Waals surface area contributed by atoms with E-state index in [1.54, 1.807) is 11.0 Å². The number of aromatic nitrogens is 1. The number of fused-ring (bicyclic) bond motifs is 3. The topological polar surface area (TPSA) is 59.6 Å². The summed E-state index contributed by atoms with van der Waals surface area (Å²) in [5.74, 6) is -0.745. The molecule has 2 aromatic rings. The third-order valence-corrected chi connectivity index (χ3v) is 5.73. The van der Waals surface area contributed by atoms with Crippen LogP contribution in [0.15, 0.2) is 6.07 Å². The highest BCUT2D eigenvalue weighted by Crippen LogP contribution is 2.43. The maximum Gasteiger partial charge on any atom is 0.248 e. The Morgan fingerprint density at radius 2 is 2.12 bits per heavy atom. The van der Waals surface area contributed by atoms with E-state index in [1.165, 1.54) is 0 Å². The summed E-state index contributed by atoms with van der Waals surface area (Å²) in [4.78, 5) is 19.2. The molecular formula is C18H21ClFN3O2. The number of nitrogens with zero attached hydrogens (tertiary/aromatic N) is 2. The minimum absolute atomic E-state index is 0.115. The molecule has 0 saturated carbocycles. The monoisotopic (exact) mass is 365 g/mol. The summed E-state index contributed by atoms with van der Waals surface area (Å²) in [7, 11) is 0. The van der Waals surface area contributed by atoms with Gasteiger partial charge in [-0.1, -0.05) is 11.6 Å². The number of aliphatic hydroxyl groups is 1. The number of carbonyl (C=O) groups is 1. The number of aliphatic hydroxyl groups excluding tert-OH is 1. The zero-order valence-corrected chi connectivity index (χ0v) is 14.9. The Kier molecular flexibility index (Phi) is 4.12. The average Bonchev–Trinajstić information content (AvgIpc) is 3.26. The van der Waals surface area contributed by atoms with E-state index >= 15 is 0 Å². The maximum absolute atomic E-state index is 14.7. The summed E-state index contributed by atoms with van der Waals surface area (Å²) < 4.78 is 14.7. The molecule has 1 amide bonds. The molecule has 0 aliphatic carbocycles. The van der Waals surface area contributed by atoms with Crippen molar-refractivity contribution in [3.63, 3.8) is 0 Å². The van der Waals surface area contributed by atoms with Crippen molar-refractivity contribution in [2.75, 3.05) is 31.1 Å². The van der Waals surface area contributed by atoms with Crippen LogP contribution in [0.3, 0.4) is 0 Å². The van der Waals surface area contributed by atoms with Gasteiger partial charge in [-0.15, -0.1) is 0 Å². The fourth-order valence-electron chi connectivity index (χ4n) is 4.25. The standard InChI is InChI=1S/C18H21ClFN3O2/c1-10-15-12(4-7-23(10)14(25)9-24)21-18-16(15)13(8-11(19)17(18)20)22-5-2-3-6-22/h8,10,21,24H,2-7,9H2,1H3/t10-/m0/s1.